The Morgan fingerprint density at radius 3 is 2.71 bits per heavy atom. The van der Waals surface area contributed by atoms with Crippen molar-refractivity contribution in [3.8, 4) is 0 Å². The molecule has 6 heteroatoms. The van der Waals surface area contributed by atoms with E-state index in [1.807, 2.05) is 0 Å². The fourth-order valence-electron chi connectivity index (χ4n) is 4.63. The summed E-state index contributed by atoms with van der Waals surface area (Å²) < 4.78 is 0. The summed E-state index contributed by atoms with van der Waals surface area (Å²) in [5, 5.41) is 5.17. The van der Waals surface area contributed by atoms with E-state index in [1.165, 1.54) is 27.5 Å². The molecule has 5 nitrogen and oxygen atoms in total. The Hall–Kier alpha value is -1.40. The zero-order valence-corrected chi connectivity index (χ0v) is 14.9. The first-order valence-corrected chi connectivity index (χ1v) is 10.1. The van der Waals surface area contributed by atoms with Crippen LogP contribution >= 0.6 is 11.3 Å². The molecule has 1 unspecified atom stereocenters. The molecule has 3 aliphatic rings. The van der Waals surface area contributed by atoms with Crippen LogP contribution in [0.5, 0.6) is 0 Å². The summed E-state index contributed by atoms with van der Waals surface area (Å²) in [6.45, 7) is 1.54. The largest absolute Gasteiger partial charge is 0.329 e. The molecule has 4 rings (SSSR count). The van der Waals surface area contributed by atoms with Gasteiger partial charge < -0.3 is 10.2 Å². The third-order valence-electron chi connectivity index (χ3n) is 5.93. The van der Waals surface area contributed by atoms with Crippen LogP contribution in [0.2, 0.25) is 0 Å². The summed E-state index contributed by atoms with van der Waals surface area (Å²) in [6.07, 6.45) is 8.32. The lowest BCUT2D eigenvalue weighted by atomic mass is 9.90. The number of hydrogen-bond donors (Lipinski definition) is 2. The van der Waals surface area contributed by atoms with E-state index < -0.39 is 5.54 Å². The number of thiophene rings is 1. The van der Waals surface area contributed by atoms with Crippen LogP contribution in [-0.2, 0) is 4.79 Å². The van der Waals surface area contributed by atoms with Gasteiger partial charge in [-0.3, -0.25) is 4.79 Å². The van der Waals surface area contributed by atoms with Gasteiger partial charge in [0.25, 0.3) is 5.91 Å². The van der Waals surface area contributed by atoms with E-state index >= 15 is 0 Å². The topological polar surface area (TPSA) is 53.9 Å². The minimum Gasteiger partial charge on any atom is -0.323 e. The van der Waals surface area contributed by atoms with Crippen molar-refractivity contribution in [2.75, 3.05) is 13.2 Å². The van der Waals surface area contributed by atoms with Gasteiger partial charge in [-0.1, -0.05) is 31.7 Å². The molecule has 3 fully saturated rings. The second kappa shape index (κ2) is 6.48. The van der Waals surface area contributed by atoms with Crippen molar-refractivity contribution in [3.05, 3.63) is 22.4 Å². The van der Waals surface area contributed by atoms with Gasteiger partial charge in [-0.15, -0.1) is 11.3 Å². The minimum absolute atomic E-state index is 0.0266. The van der Waals surface area contributed by atoms with Gasteiger partial charge in [0.1, 0.15) is 11.6 Å². The molecule has 3 amide bonds. The second-order valence-corrected chi connectivity index (χ2v) is 8.42. The molecule has 1 spiro atoms. The zero-order valence-electron chi connectivity index (χ0n) is 14.1. The summed E-state index contributed by atoms with van der Waals surface area (Å²) >= 11 is 1.78. The molecule has 1 saturated carbocycles. The van der Waals surface area contributed by atoms with Crippen molar-refractivity contribution < 1.29 is 14.5 Å². The van der Waals surface area contributed by atoms with Gasteiger partial charge in [0.15, 0.2) is 6.67 Å². The Morgan fingerprint density at radius 1 is 1.21 bits per heavy atom. The highest BCUT2D eigenvalue weighted by molar-refractivity contribution is 7.10. The van der Waals surface area contributed by atoms with Crippen molar-refractivity contribution in [2.24, 2.45) is 0 Å². The lowest BCUT2D eigenvalue weighted by Crippen LogP contribution is -3.12. The maximum atomic E-state index is 13.1. The molecule has 2 N–H and O–H groups in total. The summed E-state index contributed by atoms with van der Waals surface area (Å²) in [5.41, 5.74) is -0.606. The molecular formula is C18H26N3O2S+. The summed E-state index contributed by atoms with van der Waals surface area (Å²) in [7, 11) is 0. The zero-order chi connectivity index (χ0) is 16.6. The molecule has 1 aromatic heterocycles. The number of hydrogen-bond acceptors (Lipinski definition) is 3. The number of nitrogens with zero attached hydrogens (tertiary/aromatic N) is 1. The average Bonchev–Trinajstić information content (AvgIpc) is 3.24. The normalized spacial score (nSPS) is 29.9. The van der Waals surface area contributed by atoms with E-state index in [0.717, 1.165) is 45.1 Å². The molecule has 130 valence electrons. The number of imide groups is 1. The highest BCUT2D eigenvalue weighted by atomic mass is 32.1. The number of amides is 3. The van der Waals surface area contributed by atoms with Crippen LogP contribution < -0.4 is 10.2 Å². The Bertz CT molecular complexity index is 608. The van der Waals surface area contributed by atoms with Crippen LogP contribution in [0.4, 0.5) is 4.79 Å². The maximum absolute atomic E-state index is 13.1. The van der Waals surface area contributed by atoms with Crippen molar-refractivity contribution in [1.82, 2.24) is 10.2 Å². The highest BCUT2D eigenvalue weighted by Crippen LogP contribution is 2.32. The lowest BCUT2D eigenvalue weighted by Gasteiger charge is -2.27. The number of carbonyl (C=O) groups is 2. The number of quaternary nitrogens is 1. The third kappa shape index (κ3) is 2.75. The number of urea groups is 1. The van der Waals surface area contributed by atoms with Crippen LogP contribution in [0.3, 0.4) is 0 Å². The Morgan fingerprint density at radius 2 is 2.00 bits per heavy atom. The molecular weight excluding hydrogens is 322 g/mol. The van der Waals surface area contributed by atoms with E-state index in [1.54, 1.807) is 11.3 Å². The predicted molar refractivity (Wildman–Crippen MR) is 92.8 cm³/mol. The van der Waals surface area contributed by atoms with Gasteiger partial charge in [0.05, 0.1) is 11.4 Å². The molecule has 24 heavy (non-hydrogen) atoms. The number of nitrogens with one attached hydrogen (secondary N) is 2. The summed E-state index contributed by atoms with van der Waals surface area (Å²) in [4.78, 5) is 29.8. The standard InChI is InChI=1S/C18H25N3O2S/c22-16-18(9-3-1-2-4-10-18)19-17(23)21(16)13-20-11-5-7-14(20)15-8-6-12-24-15/h6,8,12,14H,1-5,7,9-11,13H2,(H,19,23)/p+1/t14-/m0/s1. The van der Waals surface area contributed by atoms with Gasteiger partial charge in [-0.05, 0) is 24.3 Å². The highest BCUT2D eigenvalue weighted by Gasteiger charge is 2.52. The quantitative estimate of drug-likeness (QED) is 0.822. The van der Waals surface area contributed by atoms with E-state index in [4.69, 9.17) is 0 Å². The number of likely N-dealkylation sites (tertiary alicyclic amines) is 1. The Labute approximate surface area is 147 Å². The van der Waals surface area contributed by atoms with Crippen LogP contribution in [-0.4, -0.2) is 35.6 Å². The molecule has 2 saturated heterocycles. The predicted octanol–water partition coefficient (Wildman–Crippen LogP) is 2.07. The average molecular weight is 348 g/mol. The van der Waals surface area contributed by atoms with Crippen molar-refractivity contribution in [2.45, 2.75) is 62.9 Å². The SMILES string of the molecule is O=C1NC2(CCCCCC2)C(=O)N1C[NH+]1CCC[C@H]1c1cccs1. The van der Waals surface area contributed by atoms with Crippen molar-refractivity contribution in [3.63, 3.8) is 0 Å². The van der Waals surface area contributed by atoms with Crippen LogP contribution in [0.15, 0.2) is 17.5 Å². The van der Waals surface area contributed by atoms with Crippen LogP contribution in [0.1, 0.15) is 62.3 Å². The van der Waals surface area contributed by atoms with Gasteiger partial charge >= 0.3 is 6.03 Å². The first-order valence-electron chi connectivity index (χ1n) is 9.22. The Kier molecular flexibility index (Phi) is 4.35. The summed E-state index contributed by atoms with van der Waals surface area (Å²) in [6, 6.07) is 4.52. The molecule has 2 aliphatic heterocycles. The molecule has 0 radical (unpaired) electrons. The van der Waals surface area contributed by atoms with Gasteiger partial charge in [0.2, 0.25) is 0 Å². The van der Waals surface area contributed by atoms with E-state index in [0.29, 0.717) is 12.7 Å². The molecule has 3 heterocycles. The molecule has 0 aromatic carbocycles. The number of rotatable bonds is 3. The molecule has 2 atom stereocenters. The van der Waals surface area contributed by atoms with Gasteiger partial charge in [-0.2, -0.15) is 0 Å². The van der Waals surface area contributed by atoms with Crippen molar-refractivity contribution in [1.29, 1.82) is 0 Å². The first-order chi connectivity index (χ1) is 11.7. The van der Waals surface area contributed by atoms with Crippen LogP contribution in [0, 0.1) is 0 Å². The molecule has 1 aliphatic carbocycles. The third-order valence-corrected chi connectivity index (χ3v) is 6.92. The van der Waals surface area contributed by atoms with Crippen LogP contribution in [0.25, 0.3) is 0 Å². The number of carbonyl (C=O) groups excluding carboxylic acids is 2. The smallest absolute Gasteiger partial charge is 0.323 e. The fourth-order valence-corrected chi connectivity index (χ4v) is 5.55. The maximum Gasteiger partial charge on any atom is 0.329 e. The monoisotopic (exact) mass is 348 g/mol. The van der Waals surface area contributed by atoms with E-state index in [2.05, 4.69) is 22.8 Å². The first kappa shape index (κ1) is 16.1. The fraction of sp³-hybridized carbons (Fsp3) is 0.667. The Balaban J connectivity index is 1.50. The molecule has 1 aromatic rings. The van der Waals surface area contributed by atoms with Gasteiger partial charge in [0, 0.05) is 12.8 Å². The lowest BCUT2D eigenvalue weighted by molar-refractivity contribution is -0.925. The van der Waals surface area contributed by atoms with E-state index in [-0.39, 0.29) is 11.9 Å². The molecule has 0 bridgehead atoms. The minimum atomic E-state index is -0.606. The van der Waals surface area contributed by atoms with E-state index in [9.17, 15) is 9.59 Å². The second-order valence-electron chi connectivity index (χ2n) is 7.44. The van der Waals surface area contributed by atoms with Crippen molar-refractivity contribution >= 4 is 23.3 Å². The summed E-state index contributed by atoms with van der Waals surface area (Å²) in [5.74, 6) is 0.0266. The van der Waals surface area contributed by atoms with Gasteiger partial charge in [-0.25, -0.2) is 9.69 Å².